The van der Waals surface area contributed by atoms with Gasteiger partial charge in [0.15, 0.2) is 0 Å². The van der Waals surface area contributed by atoms with Gasteiger partial charge < -0.3 is 9.88 Å². The van der Waals surface area contributed by atoms with Crippen molar-refractivity contribution in [2.24, 2.45) is 5.92 Å². The number of piperazine rings is 1. The molecule has 1 saturated heterocycles. The van der Waals surface area contributed by atoms with E-state index in [4.69, 9.17) is 4.98 Å². The van der Waals surface area contributed by atoms with Crippen molar-refractivity contribution in [1.29, 1.82) is 0 Å². The van der Waals surface area contributed by atoms with Crippen molar-refractivity contribution in [2.45, 2.75) is 38.8 Å². The number of fused-ring (bicyclic) bond motifs is 1. The van der Waals surface area contributed by atoms with Gasteiger partial charge in [-0.1, -0.05) is 12.1 Å². The molecule has 4 rings (SSSR count). The Balaban J connectivity index is 1.67. The Morgan fingerprint density at radius 1 is 1.26 bits per heavy atom. The van der Waals surface area contributed by atoms with Gasteiger partial charge in [0.25, 0.3) is 0 Å². The zero-order valence-corrected chi connectivity index (χ0v) is 13.8. The normalized spacial score (nSPS) is 22.9. The van der Waals surface area contributed by atoms with Gasteiger partial charge in [-0.2, -0.15) is 0 Å². The van der Waals surface area contributed by atoms with Gasteiger partial charge in [0.05, 0.1) is 11.0 Å². The van der Waals surface area contributed by atoms with E-state index >= 15 is 0 Å². The number of carbonyl (C=O) groups excluding carboxylic acids is 1. The summed E-state index contributed by atoms with van der Waals surface area (Å²) in [6, 6.07) is 8.60. The molecule has 1 amide bonds. The number of hydrogen-bond donors (Lipinski definition) is 1. The molecule has 0 radical (unpaired) electrons. The van der Waals surface area contributed by atoms with Gasteiger partial charge in [0.1, 0.15) is 11.9 Å². The summed E-state index contributed by atoms with van der Waals surface area (Å²) in [5.74, 6) is 1.50. The third-order valence-corrected chi connectivity index (χ3v) is 5.08. The first-order valence-electron chi connectivity index (χ1n) is 8.62. The number of aromatic nitrogens is 2. The molecular formula is C18H24N4O. The minimum atomic E-state index is 0.0339. The monoisotopic (exact) mass is 312 g/mol. The molecule has 2 aliphatic rings. The van der Waals surface area contributed by atoms with Gasteiger partial charge in [-0.05, 0) is 38.8 Å². The summed E-state index contributed by atoms with van der Waals surface area (Å²) in [5, 5.41) is 0. The van der Waals surface area contributed by atoms with Gasteiger partial charge in [-0.25, -0.2) is 4.98 Å². The second kappa shape index (κ2) is 5.64. The summed E-state index contributed by atoms with van der Waals surface area (Å²) in [6.07, 6.45) is 2.10. The molecule has 1 atom stereocenters. The Labute approximate surface area is 136 Å². The van der Waals surface area contributed by atoms with Crippen LogP contribution in [0.4, 0.5) is 0 Å². The number of benzene rings is 1. The molecule has 0 spiro atoms. The van der Waals surface area contributed by atoms with E-state index < -0.39 is 0 Å². The molecule has 2 heterocycles. The van der Waals surface area contributed by atoms with E-state index in [0.29, 0.717) is 11.9 Å². The summed E-state index contributed by atoms with van der Waals surface area (Å²) in [5.41, 5.74) is 2.02. The predicted molar refractivity (Wildman–Crippen MR) is 90.0 cm³/mol. The molecule has 2 fully saturated rings. The van der Waals surface area contributed by atoms with Crippen molar-refractivity contribution < 1.29 is 4.79 Å². The molecule has 1 aliphatic heterocycles. The molecule has 122 valence electrons. The summed E-state index contributed by atoms with van der Waals surface area (Å²) in [6.45, 7) is 7.04. The lowest BCUT2D eigenvalue weighted by molar-refractivity contribution is -0.138. The highest BCUT2D eigenvalue weighted by atomic mass is 16.2. The number of nitrogens with zero attached hydrogens (tertiary/aromatic N) is 3. The van der Waals surface area contributed by atoms with E-state index in [2.05, 4.69) is 28.6 Å². The van der Waals surface area contributed by atoms with Crippen molar-refractivity contribution in [3.63, 3.8) is 0 Å². The van der Waals surface area contributed by atoms with E-state index in [1.807, 2.05) is 24.3 Å². The number of amides is 1. The maximum absolute atomic E-state index is 12.7. The SMILES string of the molecule is CC(C)N1CCN(C(=O)C2CC2)C(c2nc3ccccc3[nH]2)C1. The lowest BCUT2D eigenvalue weighted by Crippen LogP contribution is -2.53. The molecule has 5 nitrogen and oxygen atoms in total. The van der Waals surface area contributed by atoms with Crippen LogP contribution in [0.5, 0.6) is 0 Å². The molecule has 1 unspecified atom stereocenters. The summed E-state index contributed by atoms with van der Waals surface area (Å²) < 4.78 is 0. The highest BCUT2D eigenvalue weighted by Gasteiger charge is 2.40. The number of H-pyrrole nitrogens is 1. The Hall–Kier alpha value is -1.88. The smallest absolute Gasteiger partial charge is 0.226 e. The fourth-order valence-corrected chi connectivity index (χ4v) is 3.47. The zero-order chi connectivity index (χ0) is 16.0. The van der Waals surface area contributed by atoms with Crippen LogP contribution in [-0.4, -0.2) is 51.4 Å². The first-order valence-corrected chi connectivity index (χ1v) is 8.62. The van der Waals surface area contributed by atoms with Crippen LogP contribution in [0.2, 0.25) is 0 Å². The van der Waals surface area contributed by atoms with Crippen molar-refractivity contribution >= 4 is 16.9 Å². The quantitative estimate of drug-likeness (QED) is 0.947. The molecule has 1 aromatic carbocycles. The van der Waals surface area contributed by atoms with E-state index in [9.17, 15) is 4.79 Å². The van der Waals surface area contributed by atoms with E-state index in [1.165, 1.54) is 0 Å². The number of imidazole rings is 1. The molecule has 1 N–H and O–H groups in total. The Kier molecular flexibility index (Phi) is 3.60. The Morgan fingerprint density at radius 3 is 2.74 bits per heavy atom. The van der Waals surface area contributed by atoms with Crippen molar-refractivity contribution in [3.05, 3.63) is 30.1 Å². The molecule has 2 aromatic rings. The maximum Gasteiger partial charge on any atom is 0.226 e. The number of carbonyl (C=O) groups is 1. The molecule has 0 bridgehead atoms. The molecular weight excluding hydrogens is 288 g/mol. The van der Waals surface area contributed by atoms with Crippen LogP contribution in [0.25, 0.3) is 11.0 Å². The number of nitrogens with one attached hydrogen (secondary N) is 1. The third kappa shape index (κ3) is 2.74. The van der Waals surface area contributed by atoms with Crippen molar-refractivity contribution in [1.82, 2.24) is 19.8 Å². The minimum absolute atomic E-state index is 0.0339. The minimum Gasteiger partial charge on any atom is -0.340 e. The Bertz CT molecular complexity index is 686. The average molecular weight is 312 g/mol. The van der Waals surface area contributed by atoms with Crippen LogP contribution in [-0.2, 0) is 4.79 Å². The van der Waals surface area contributed by atoms with Crippen LogP contribution in [0, 0.1) is 5.92 Å². The number of aromatic amines is 1. The van der Waals surface area contributed by atoms with Gasteiger partial charge in [-0.15, -0.1) is 0 Å². The zero-order valence-electron chi connectivity index (χ0n) is 13.8. The van der Waals surface area contributed by atoms with Crippen LogP contribution in [0.3, 0.4) is 0 Å². The van der Waals surface area contributed by atoms with E-state index in [-0.39, 0.29) is 12.0 Å². The second-order valence-electron chi connectivity index (χ2n) is 7.05. The fraction of sp³-hybridized carbons (Fsp3) is 0.556. The van der Waals surface area contributed by atoms with Crippen LogP contribution in [0.1, 0.15) is 38.6 Å². The standard InChI is InChI=1S/C18H24N4O/c1-12(2)21-9-10-22(18(23)13-7-8-13)16(11-21)17-19-14-5-3-4-6-15(14)20-17/h3-6,12-13,16H,7-11H2,1-2H3,(H,19,20). The molecule has 1 saturated carbocycles. The van der Waals surface area contributed by atoms with Gasteiger partial charge in [-0.3, -0.25) is 9.69 Å². The highest BCUT2D eigenvalue weighted by Crippen LogP contribution is 2.35. The van der Waals surface area contributed by atoms with E-state index in [0.717, 1.165) is 49.3 Å². The van der Waals surface area contributed by atoms with Crippen LogP contribution < -0.4 is 0 Å². The average Bonchev–Trinajstić information content (AvgIpc) is 3.32. The van der Waals surface area contributed by atoms with Crippen LogP contribution >= 0.6 is 0 Å². The number of rotatable bonds is 3. The first-order chi connectivity index (χ1) is 11.1. The van der Waals surface area contributed by atoms with Gasteiger partial charge in [0, 0.05) is 31.6 Å². The summed E-state index contributed by atoms with van der Waals surface area (Å²) in [4.78, 5) is 25.4. The maximum atomic E-state index is 12.7. The molecule has 23 heavy (non-hydrogen) atoms. The molecule has 1 aromatic heterocycles. The van der Waals surface area contributed by atoms with Crippen molar-refractivity contribution in [3.8, 4) is 0 Å². The first kappa shape index (κ1) is 14.7. The predicted octanol–water partition coefficient (Wildman–Crippen LogP) is 2.57. The lowest BCUT2D eigenvalue weighted by atomic mass is 10.1. The van der Waals surface area contributed by atoms with Crippen LogP contribution in [0.15, 0.2) is 24.3 Å². The second-order valence-corrected chi connectivity index (χ2v) is 7.05. The largest absolute Gasteiger partial charge is 0.340 e. The molecule has 5 heteroatoms. The van der Waals surface area contributed by atoms with Gasteiger partial charge in [0.2, 0.25) is 5.91 Å². The fourth-order valence-electron chi connectivity index (χ4n) is 3.47. The summed E-state index contributed by atoms with van der Waals surface area (Å²) >= 11 is 0. The number of hydrogen-bond acceptors (Lipinski definition) is 3. The highest BCUT2D eigenvalue weighted by molar-refractivity contribution is 5.82. The topological polar surface area (TPSA) is 52.2 Å². The molecule has 1 aliphatic carbocycles. The third-order valence-electron chi connectivity index (χ3n) is 5.08. The van der Waals surface area contributed by atoms with Gasteiger partial charge >= 0.3 is 0 Å². The number of para-hydroxylation sites is 2. The van der Waals surface area contributed by atoms with E-state index in [1.54, 1.807) is 0 Å². The van der Waals surface area contributed by atoms with Crippen molar-refractivity contribution in [2.75, 3.05) is 19.6 Å². The Morgan fingerprint density at radius 2 is 2.04 bits per heavy atom. The summed E-state index contributed by atoms with van der Waals surface area (Å²) in [7, 11) is 0. The lowest BCUT2D eigenvalue weighted by Gasteiger charge is -2.42.